The Hall–Kier alpha value is -3.33. The summed E-state index contributed by atoms with van der Waals surface area (Å²) in [6.07, 6.45) is 0. The number of aromatic nitrogens is 3. The van der Waals surface area contributed by atoms with E-state index in [2.05, 4.69) is 15.5 Å². The molecule has 0 spiro atoms. The Morgan fingerprint density at radius 1 is 1.17 bits per heavy atom. The molecule has 0 atom stereocenters. The summed E-state index contributed by atoms with van der Waals surface area (Å²) in [5.41, 5.74) is 1.46. The van der Waals surface area contributed by atoms with Crippen LogP contribution in [0.15, 0.2) is 53.7 Å². The molecule has 1 amide bonds. The lowest BCUT2D eigenvalue weighted by Gasteiger charge is -2.08. The number of amides is 1. The molecular weight excluding hydrogens is 392 g/mol. The molecule has 0 radical (unpaired) electrons. The first kappa shape index (κ1) is 20.4. The molecule has 8 nitrogen and oxygen atoms in total. The second-order valence-electron chi connectivity index (χ2n) is 6.00. The predicted octanol–water partition coefficient (Wildman–Crippen LogP) is 3.40. The molecule has 0 bridgehead atoms. The van der Waals surface area contributed by atoms with E-state index in [0.29, 0.717) is 23.2 Å². The molecule has 1 heterocycles. The normalized spacial score (nSPS) is 10.6. The Morgan fingerprint density at radius 2 is 1.93 bits per heavy atom. The summed E-state index contributed by atoms with van der Waals surface area (Å²) in [6.45, 7) is 2.64. The molecule has 0 aliphatic carbocycles. The van der Waals surface area contributed by atoms with Gasteiger partial charge in [0.15, 0.2) is 11.0 Å². The smallest absolute Gasteiger partial charge is 0.335 e. The van der Waals surface area contributed by atoms with Gasteiger partial charge in [0.1, 0.15) is 5.75 Å². The number of carbonyl (C=O) groups is 2. The summed E-state index contributed by atoms with van der Waals surface area (Å²) < 4.78 is 7.11. The van der Waals surface area contributed by atoms with E-state index in [1.54, 1.807) is 19.2 Å². The number of methoxy groups -OCH3 is 1. The van der Waals surface area contributed by atoms with Crippen LogP contribution < -0.4 is 10.1 Å². The number of nitrogens with zero attached hydrogens (tertiary/aromatic N) is 3. The fraction of sp³-hybridized carbons (Fsp3) is 0.200. The van der Waals surface area contributed by atoms with E-state index in [-0.39, 0.29) is 17.2 Å². The number of nitrogens with one attached hydrogen (secondary N) is 1. The summed E-state index contributed by atoms with van der Waals surface area (Å²) >= 11 is 1.27. The molecule has 0 fully saturated rings. The van der Waals surface area contributed by atoms with Crippen molar-refractivity contribution < 1.29 is 19.4 Å². The first-order valence-electron chi connectivity index (χ1n) is 8.85. The summed E-state index contributed by atoms with van der Waals surface area (Å²) in [7, 11) is 1.61. The van der Waals surface area contributed by atoms with Crippen molar-refractivity contribution in [3.8, 4) is 17.1 Å². The van der Waals surface area contributed by atoms with Gasteiger partial charge in [0.2, 0.25) is 5.91 Å². The highest BCUT2D eigenvalue weighted by atomic mass is 32.2. The van der Waals surface area contributed by atoms with Gasteiger partial charge in [-0.3, -0.25) is 4.79 Å². The lowest BCUT2D eigenvalue weighted by atomic mass is 10.2. The van der Waals surface area contributed by atoms with Gasteiger partial charge in [-0.05, 0) is 49.4 Å². The molecule has 0 saturated carbocycles. The molecule has 2 N–H and O–H groups in total. The standard InChI is InChI=1S/C20H20N4O4S/c1-3-24-18(13-7-9-16(28-2)10-8-13)22-23-20(24)29-12-17(25)21-15-6-4-5-14(11-15)19(26)27/h4-11H,3,12H2,1-2H3,(H,21,25)(H,26,27). The largest absolute Gasteiger partial charge is 0.497 e. The minimum absolute atomic E-state index is 0.116. The second kappa shape index (κ2) is 9.24. The van der Waals surface area contributed by atoms with Gasteiger partial charge in [-0.2, -0.15) is 0 Å². The molecule has 150 valence electrons. The fourth-order valence-corrected chi connectivity index (χ4v) is 3.49. The average Bonchev–Trinajstić information content (AvgIpc) is 3.15. The van der Waals surface area contributed by atoms with Crippen LogP contribution in [-0.4, -0.2) is 44.6 Å². The van der Waals surface area contributed by atoms with E-state index in [0.717, 1.165) is 11.3 Å². The average molecular weight is 412 g/mol. The topological polar surface area (TPSA) is 106 Å². The Kier molecular flexibility index (Phi) is 6.50. The van der Waals surface area contributed by atoms with Crippen LogP contribution in [-0.2, 0) is 11.3 Å². The van der Waals surface area contributed by atoms with Gasteiger partial charge in [-0.15, -0.1) is 10.2 Å². The predicted molar refractivity (Wildman–Crippen MR) is 110 cm³/mol. The van der Waals surface area contributed by atoms with Crippen LogP contribution in [0, 0.1) is 0 Å². The van der Waals surface area contributed by atoms with E-state index < -0.39 is 5.97 Å². The molecule has 9 heteroatoms. The van der Waals surface area contributed by atoms with E-state index in [1.807, 2.05) is 35.8 Å². The van der Waals surface area contributed by atoms with Crippen LogP contribution in [0.4, 0.5) is 5.69 Å². The number of thioether (sulfide) groups is 1. The van der Waals surface area contributed by atoms with Crippen molar-refractivity contribution in [3.63, 3.8) is 0 Å². The summed E-state index contributed by atoms with van der Waals surface area (Å²) in [4.78, 5) is 23.3. The van der Waals surface area contributed by atoms with Gasteiger partial charge in [-0.1, -0.05) is 17.8 Å². The maximum absolute atomic E-state index is 12.3. The van der Waals surface area contributed by atoms with Gasteiger partial charge >= 0.3 is 5.97 Å². The minimum atomic E-state index is -1.04. The number of aromatic carboxylic acids is 1. The van der Waals surface area contributed by atoms with Crippen molar-refractivity contribution in [3.05, 3.63) is 54.1 Å². The molecule has 1 aromatic heterocycles. The number of ether oxygens (including phenoxy) is 1. The van der Waals surface area contributed by atoms with Crippen LogP contribution in [0.3, 0.4) is 0 Å². The number of carbonyl (C=O) groups excluding carboxylic acids is 1. The van der Waals surface area contributed by atoms with Crippen molar-refractivity contribution in [2.45, 2.75) is 18.6 Å². The van der Waals surface area contributed by atoms with Crippen LogP contribution >= 0.6 is 11.8 Å². The van der Waals surface area contributed by atoms with Gasteiger partial charge in [-0.25, -0.2) is 4.79 Å². The van der Waals surface area contributed by atoms with Crippen molar-refractivity contribution in [2.75, 3.05) is 18.2 Å². The number of hydrogen-bond acceptors (Lipinski definition) is 6. The Balaban J connectivity index is 1.67. The number of rotatable bonds is 8. The third-order valence-electron chi connectivity index (χ3n) is 4.11. The monoisotopic (exact) mass is 412 g/mol. The summed E-state index contributed by atoms with van der Waals surface area (Å²) in [5.74, 6) is 0.298. The maximum Gasteiger partial charge on any atom is 0.335 e. The molecule has 0 aliphatic heterocycles. The molecule has 3 aromatic rings. The van der Waals surface area contributed by atoms with Crippen LogP contribution in [0.5, 0.6) is 5.75 Å². The zero-order chi connectivity index (χ0) is 20.8. The van der Waals surface area contributed by atoms with Crippen LogP contribution in [0.1, 0.15) is 17.3 Å². The van der Waals surface area contributed by atoms with E-state index in [4.69, 9.17) is 9.84 Å². The SMILES string of the molecule is CCn1c(SCC(=O)Nc2cccc(C(=O)O)c2)nnc1-c1ccc(OC)cc1. The second-order valence-corrected chi connectivity index (χ2v) is 6.94. The quantitative estimate of drug-likeness (QED) is 0.546. The molecule has 0 saturated heterocycles. The summed E-state index contributed by atoms with van der Waals surface area (Å²) in [5, 5.41) is 20.8. The van der Waals surface area contributed by atoms with Gasteiger partial charge < -0.3 is 19.7 Å². The number of carboxylic acids is 1. The van der Waals surface area contributed by atoms with E-state index in [1.165, 1.54) is 23.9 Å². The van der Waals surface area contributed by atoms with Gasteiger partial charge in [0.05, 0.1) is 18.4 Å². The molecule has 2 aromatic carbocycles. The first-order chi connectivity index (χ1) is 14.0. The van der Waals surface area contributed by atoms with Crippen molar-refractivity contribution >= 4 is 29.3 Å². The molecule has 0 unspecified atom stereocenters. The Bertz CT molecular complexity index is 1020. The third-order valence-corrected chi connectivity index (χ3v) is 5.07. The minimum Gasteiger partial charge on any atom is -0.497 e. The van der Waals surface area contributed by atoms with Crippen LogP contribution in [0.25, 0.3) is 11.4 Å². The number of anilines is 1. The highest BCUT2D eigenvalue weighted by Crippen LogP contribution is 2.25. The first-order valence-corrected chi connectivity index (χ1v) is 9.84. The van der Waals surface area contributed by atoms with E-state index in [9.17, 15) is 9.59 Å². The zero-order valence-corrected chi connectivity index (χ0v) is 16.8. The number of hydrogen-bond donors (Lipinski definition) is 2. The molecule has 3 rings (SSSR count). The Labute approximate surface area is 171 Å². The number of carboxylic acid groups (broad SMARTS) is 1. The molecule has 0 aliphatic rings. The fourth-order valence-electron chi connectivity index (χ4n) is 2.69. The van der Waals surface area contributed by atoms with Crippen LogP contribution in [0.2, 0.25) is 0 Å². The maximum atomic E-state index is 12.3. The van der Waals surface area contributed by atoms with Crippen molar-refractivity contribution in [2.24, 2.45) is 0 Å². The van der Waals surface area contributed by atoms with Crippen molar-refractivity contribution in [1.29, 1.82) is 0 Å². The highest BCUT2D eigenvalue weighted by molar-refractivity contribution is 7.99. The van der Waals surface area contributed by atoms with E-state index >= 15 is 0 Å². The number of benzene rings is 2. The molecule has 29 heavy (non-hydrogen) atoms. The van der Waals surface area contributed by atoms with Gasteiger partial charge in [0, 0.05) is 17.8 Å². The molecular formula is C20H20N4O4S. The third kappa shape index (κ3) is 4.94. The lowest BCUT2D eigenvalue weighted by Crippen LogP contribution is -2.15. The summed E-state index contributed by atoms with van der Waals surface area (Å²) in [6, 6.07) is 13.6. The zero-order valence-electron chi connectivity index (χ0n) is 16.0. The van der Waals surface area contributed by atoms with Crippen molar-refractivity contribution in [1.82, 2.24) is 14.8 Å². The highest BCUT2D eigenvalue weighted by Gasteiger charge is 2.15. The lowest BCUT2D eigenvalue weighted by molar-refractivity contribution is -0.113. The van der Waals surface area contributed by atoms with Gasteiger partial charge in [0.25, 0.3) is 0 Å². The Morgan fingerprint density at radius 3 is 2.59 bits per heavy atom.